The molecule has 1 aromatic heterocycles. The first kappa shape index (κ1) is 24.9. The first-order valence-electron chi connectivity index (χ1n) is 12.2. The van der Waals surface area contributed by atoms with Gasteiger partial charge in [-0.3, -0.25) is 4.79 Å². The second-order valence-electron chi connectivity index (χ2n) is 9.26. The maximum Gasteiger partial charge on any atom is 0.416 e. The number of benzene rings is 2. The second-order valence-corrected chi connectivity index (χ2v) is 9.26. The predicted octanol–water partition coefficient (Wildman–Crippen LogP) is 3.73. The lowest BCUT2D eigenvalue weighted by Gasteiger charge is -2.49. The summed E-state index contributed by atoms with van der Waals surface area (Å²) in [5.74, 6) is 0.625. The Morgan fingerprint density at radius 3 is 2.65 bits per heavy atom. The van der Waals surface area contributed by atoms with Crippen molar-refractivity contribution in [3.63, 3.8) is 0 Å². The van der Waals surface area contributed by atoms with Gasteiger partial charge in [0, 0.05) is 44.3 Å². The van der Waals surface area contributed by atoms with Crippen molar-refractivity contribution in [2.24, 2.45) is 5.92 Å². The van der Waals surface area contributed by atoms with Crippen LogP contribution in [0.1, 0.15) is 16.7 Å². The number of amides is 1. The van der Waals surface area contributed by atoms with Crippen molar-refractivity contribution in [1.29, 1.82) is 0 Å². The highest BCUT2D eigenvalue weighted by Crippen LogP contribution is 2.40. The number of ether oxygens (including phenoxy) is 1. The molecule has 3 aromatic rings. The number of anilines is 2. The largest absolute Gasteiger partial charge is 0.496 e. The van der Waals surface area contributed by atoms with E-state index in [4.69, 9.17) is 4.74 Å². The zero-order valence-corrected chi connectivity index (χ0v) is 20.4. The molecule has 2 atom stereocenters. The number of piperazine rings is 1. The van der Waals surface area contributed by atoms with Crippen LogP contribution in [0.3, 0.4) is 0 Å². The van der Waals surface area contributed by atoms with Crippen LogP contribution in [-0.2, 0) is 23.8 Å². The van der Waals surface area contributed by atoms with Crippen LogP contribution in [0.5, 0.6) is 5.75 Å². The number of aromatic nitrogens is 2. The molecule has 194 valence electrons. The molecule has 2 aliphatic rings. The number of methoxy groups -OCH3 is 1. The summed E-state index contributed by atoms with van der Waals surface area (Å²) in [6.45, 7) is 2.04. The molecule has 1 N–H and O–H groups in total. The molecule has 37 heavy (non-hydrogen) atoms. The Balaban J connectivity index is 1.39. The van der Waals surface area contributed by atoms with Crippen molar-refractivity contribution in [3.8, 4) is 5.75 Å². The van der Waals surface area contributed by atoms with Crippen molar-refractivity contribution >= 4 is 17.5 Å². The third kappa shape index (κ3) is 5.19. The third-order valence-electron chi connectivity index (χ3n) is 7.10. The van der Waals surface area contributed by atoms with E-state index in [1.807, 2.05) is 29.2 Å². The number of carbonyl (C=O) groups is 1. The molecule has 1 amide bonds. The Morgan fingerprint density at radius 1 is 1.11 bits per heavy atom. The first-order chi connectivity index (χ1) is 17.8. The van der Waals surface area contributed by atoms with Gasteiger partial charge in [0.1, 0.15) is 5.75 Å². The van der Waals surface area contributed by atoms with Gasteiger partial charge in [0.2, 0.25) is 11.9 Å². The zero-order chi connectivity index (χ0) is 26.0. The quantitative estimate of drug-likeness (QED) is 0.544. The van der Waals surface area contributed by atoms with E-state index in [2.05, 4.69) is 20.2 Å². The van der Waals surface area contributed by atoms with Crippen LogP contribution < -0.4 is 19.9 Å². The number of para-hydroxylation sites is 1. The highest BCUT2D eigenvalue weighted by molar-refractivity contribution is 5.82. The molecule has 0 bridgehead atoms. The summed E-state index contributed by atoms with van der Waals surface area (Å²) < 4.78 is 45.7. The number of carbonyl (C=O) groups excluding carboxylic acids is 1. The SMILES string of the molecule is COc1ccccc1CCNC(=O)[C@H]1Cc2cc(C(F)(F)F)ccc2N2CCN(c3ncccn3)C[C@H]12. The van der Waals surface area contributed by atoms with Crippen LogP contribution >= 0.6 is 0 Å². The van der Waals surface area contributed by atoms with E-state index in [1.54, 1.807) is 25.6 Å². The zero-order valence-electron chi connectivity index (χ0n) is 20.4. The highest BCUT2D eigenvalue weighted by atomic mass is 19.4. The molecule has 3 heterocycles. The van der Waals surface area contributed by atoms with Gasteiger partial charge in [0.15, 0.2) is 0 Å². The lowest BCUT2D eigenvalue weighted by atomic mass is 9.82. The topological polar surface area (TPSA) is 70.6 Å². The van der Waals surface area contributed by atoms with Gasteiger partial charge in [-0.1, -0.05) is 18.2 Å². The first-order valence-corrected chi connectivity index (χ1v) is 12.2. The summed E-state index contributed by atoms with van der Waals surface area (Å²) in [7, 11) is 1.60. The normalized spacial score (nSPS) is 19.1. The second kappa shape index (κ2) is 10.3. The number of hydrogen-bond donors (Lipinski definition) is 1. The van der Waals surface area contributed by atoms with E-state index in [1.165, 1.54) is 12.1 Å². The van der Waals surface area contributed by atoms with Crippen LogP contribution in [0.4, 0.5) is 24.8 Å². The van der Waals surface area contributed by atoms with Gasteiger partial charge < -0.3 is 19.9 Å². The lowest BCUT2D eigenvalue weighted by Crippen LogP contribution is -2.61. The van der Waals surface area contributed by atoms with E-state index < -0.39 is 17.7 Å². The minimum atomic E-state index is -4.44. The van der Waals surface area contributed by atoms with Crippen molar-refractivity contribution in [3.05, 3.63) is 77.6 Å². The summed E-state index contributed by atoms with van der Waals surface area (Å²) in [5, 5.41) is 3.02. The molecule has 5 rings (SSSR count). The van der Waals surface area contributed by atoms with Gasteiger partial charge in [-0.15, -0.1) is 0 Å². The van der Waals surface area contributed by atoms with Crippen molar-refractivity contribution in [2.75, 3.05) is 43.1 Å². The Morgan fingerprint density at radius 2 is 1.89 bits per heavy atom. The Labute approximate surface area is 213 Å². The standard InChI is InChI=1S/C27H28F3N5O2/c1-37-24-6-3-2-5-18(24)9-12-31-25(36)21-16-19-15-20(27(28,29)30)7-8-22(19)35-14-13-34(17-23(21)35)26-32-10-4-11-33-26/h2-8,10-11,15,21,23H,9,12-14,16-17H2,1H3,(H,31,36)/t21-,23+/m0/s1. The number of fused-ring (bicyclic) bond motifs is 3. The Kier molecular flexibility index (Phi) is 6.90. The van der Waals surface area contributed by atoms with Crippen LogP contribution in [0.15, 0.2) is 60.9 Å². The molecule has 1 saturated heterocycles. The average Bonchev–Trinajstić information content (AvgIpc) is 2.92. The lowest BCUT2D eigenvalue weighted by molar-refractivity contribution is -0.137. The number of halogens is 3. The summed E-state index contributed by atoms with van der Waals surface area (Å²) in [6, 6.07) is 13.0. The van der Waals surface area contributed by atoms with Gasteiger partial charge >= 0.3 is 6.18 Å². The molecule has 1 fully saturated rings. The van der Waals surface area contributed by atoms with Gasteiger partial charge in [-0.2, -0.15) is 13.2 Å². The number of nitrogens with zero attached hydrogens (tertiary/aromatic N) is 4. The smallest absolute Gasteiger partial charge is 0.416 e. The van der Waals surface area contributed by atoms with Crippen LogP contribution in [-0.4, -0.2) is 55.2 Å². The summed E-state index contributed by atoms with van der Waals surface area (Å²) in [5.41, 5.74) is 1.57. The van der Waals surface area contributed by atoms with Gasteiger partial charge in [0.05, 0.1) is 24.6 Å². The summed E-state index contributed by atoms with van der Waals surface area (Å²) in [6.07, 6.45) is -0.293. The van der Waals surface area contributed by atoms with Crippen molar-refractivity contribution in [1.82, 2.24) is 15.3 Å². The molecule has 7 nitrogen and oxygen atoms in total. The fourth-order valence-corrected chi connectivity index (χ4v) is 5.30. The van der Waals surface area contributed by atoms with Crippen molar-refractivity contribution < 1.29 is 22.7 Å². The minimum absolute atomic E-state index is 0.177. The van der Waals surface area contributed by atoms with Crippen molar-refractivity contribution in [2.45, 2.75) is 25.1 Å². The summed E-state index contributed by atoms with van der Waals surface area (Å²) in [4.78, 5) is 26.3. The minimum Gasteiger partial charge on any atom is -0.496 e. The van der Waals surface area contributed by atoms with Crippen LogP contribution in [0.25, 0.3) is 0 Å². The molecule has 0 spiro atoms. The molecule has 2 aliphatic heterocycles. The molecule has 0 radical (unpaired) electrons. The average molecular weight is 512 g/mol. The predicted molar refractivity (Wildman–Crippen MR) is 134 cm³/mol. The Hall–Kier alpha value is -3.82. The maximum atomic E-state index is 13.5. The molecule has 2 aromatic carbocycles. The molecular formula is C27H28F3N5O2. The van der Waals surface area contributed by atoms with E-state index >= 15 is 0 Å². The van der Waals surface area contributed by atoms with Gasteiger partial charge in [-0.25, -0.2) is 9.97 Å². The molecule has 0 saturated carbocycles. The van der Waals surface area contributed by atoms with E-state index in [9.17, 15) is 18.0 Å². The summed E-state index contributed by atoms with van der Waals surface area (Å²) >= 11 is 0. The van der Waals surface area contributed by atoms with E-state index in [-0.39, 0.29) is 18.4 Å². The molecule has 0 unspecified atom stereocenters. The molecule has 0 aliphatic carbocycles. The number of rotatable bonds is 6. The van der Waals surface area contributed by atoms with Crippen LogP contribution in [0, 0.1) is 5.92 Å². The number of alkyl halides is 3. The van der Waals surface area contributed by atoms with Gasteiger partial charge in [-0.05, 0) is 54.3 Å². The molecule has 10 heteroatoms. The van der Waals surface area contributed by atoms with E-state index in [0.717, 1.165) is 23.1 Å². The highest BCUT2D eigenvalue weighted by Gasteiger charge is 2.43. The maximum absolute atomic E-state index is 13.5. The molecular weight excluding hydrogens is 483 g/mol. The van der Waals surface area contributed by atoms with Crippen LogP contribution in [0.2, 0.25) is 0 Å². The number of hydrogen-bond acceptors (Lipinski definition) is 6. The number of nitrogens with one attached hydrogen (secondary N) is 1. The Bertz CT molecular complexity index is 1250. The van der Waals surface area contributed by atoms with E-state index in [0.29, 0.717) is 44.1 Å². The monoisotopic (exact) mass is 511 g/mol. The third-order valence-corrected chi connectivity index (χ3v) is 7.10. The fourth-order valence-electron chi connectivity index (χ4n) is 5.30. The fraction of sp³-hybridized carbons (Fsp3) is 0.370. The van der Waals surface area contributed by atoms with Gasteiger partial charge in [0.25, 0.3) is 0 Å².